The fraction of sp³-hybridized carbons (Fsp3) is 0.273. The molecule has 0 atom stereocenters. The Hall–Kier alpha value is -2.88. The molecule has 0 amide bonds. The molecule has 0 fully saturated rings. The highest BCUT2D eigenvalue weighted by Gasteiger charge is 2.04. The molecule has 0 saturated carbocycles. The van der Waals surface area contributed by atoms with Crippen LogP contribution >= 0.6 is 0 Å². The number of hydrogen-bond donors (Lipinski definition) is 2. The molecule has 4 heteroatoms. The fourth-order valence-electron chi connectivity index (χ4n) is 2.37. The van der Waals surface area contributed by atoms with Crippen LogP contribution in [0.4, 0.5) is 0 Å². The van der Waals surface area contributed by atoms with E-state index in [0.717, 1.165) is 41.1 Å². The quantitative estimate of drug-likeness (QED) is 0.562. The molecule has 26 heavy (non-hydrogen) atoms. The fourth-order valence-corrected chi connectivity index (χ4v) is 2.37. The summed E-state index contributed by atoms with van der Waals surface area (Å²) in [5, 5.41) is 18.1. The number of rotatable bonds is 6. The van der Waals surface area contributed by atoms with Crippen LogP contribution in [0.1, 0.15) is 25.0 Å². The number of ether oxygens (including phenoxy) is 2. The highest BCUT2D eigenvalue weighted by atomic mass is 16.5. The molecule has 2 aromatic rings. The molecule has 0 saturated heterocycles. The summed E-state index contributed by atoms with van der Waals surface area (Å²) < 4.78 is 10.4. The van der Waals surface area contributed by atoms with E-state index in [1.807, 2.05) is 32.0 Å². The van der Waals surface area contributed by atoms with Gasteiger partial charge in [0.25, 0.3) is 0 Å². The van der Waals surface area contributed by atoms with Gasteiger partial charge < -0.3 is 19.7 Å². The molecule has 0 bridgehead atoms. The van der Waals surface area contributed by atoms with E-state index >= 15 is 0 Å². The number of phenolic OH excluding ortho intramolecular Hbond substituents is 2. The van der Waals surface area contributed by atoms with Crippen LogP contribution in [0, 0.1) is 0 Å². The van der Waals surface area contributed by atoms with Crippen molar-refractivity contribution in [3.63, 3.8) is 0 Å². The van der Waals surface area contributed by atoms with E-state index in [0.29, 0.717) is 0 Å². The SMILES string of the molecule is C=C(C)Cc1ccc(O)c(O)c1.C=C(C)Cc1ccc(OC)c(OC)c1. The summed E-state index contributed by atoms with van der Waals surface area (Å²) in [6.45, 7) is 11.6. The zero-order valence-corrected chi connectivity index (χ0v) is 16.0. The molecule has 2 aromatic carbocycles. The monoisotopic (exact) mass is 356 g/mol. The normalized spacial score (nSPS) is 9.69. The van der Waals surface area contributed by atoms with Crippen LogP contribution in [0.15, 0.2) is 60.7 Å². The maximum atomic E-state index is 9.13. The first-order valence-electron chi connectivity index (χ1n) is 8.27. The highest BCUT2D eigenvalue weighted by molar-refractivity contribution is 5.43. The predicted octanol–water partition coefficient (Wildman–Crippen LogP) is 5.04. The molecule has 0 aliphatic carbocycles. The van der Waals surface area contributed by atoms with Gasteiger partial charge in [0.05, 0.1) is 14.2 Å². The Morgan fingerprint density at radius 1 is 0.769 bits per heavy atom. The van der Waals surface area contributed by atoms with Crippen LogP contribution in [0.2, 0.25) is 0 Å². The number of benzene rings is 2. The van der Waals surface area contributed by atoms with Crippen molar-refractivity contribution in [1.29, 1.82) is 0 Å². The molecule has 0 aromatic heterocycles. The Balaban J connectivity index is 0.000000263. The molecular weight excluding hydrogens is 328 g/mol. The summed E-state index contributed by atoms with van der Waals surface area (Å²) >= 11 is 0. The Morgan fingerprint density at radius 2 is 1.27 bits per heavy atom. The largest absolute Gasteiger partial charge is 0.504 e. The summed E-state index contributed by atoms with van der Waals surface area (Å²) in [5.41, 5.74) is 4.31. The van der Waals surface area contributed by atoms with Crippen molar-refractivity contribution in [2.24, 2.45) is 0 Å². The molecule has 0 aliphatic heterocycles. The molecule has 4 nitrogen and oxygen atoms in total. The van der Waals surface area contributed by atoms with Crippen molar-refractivity contribution in [3.05, 3.63) is 71.8 Å². The zero-order valence-electron chi connectivity index (χ0n) is 16.0. The van der Waals surface area contributed by atoms with E-state index in [1.165, 1.54) is 11.6 Å². The lowest BCUT2D eigenvalue weighted by atomic mass is 10.1. The molecule has 140 valence electrons. The topological polar surface area (TPSA) is 58.9 Å². The van der Waals surface area contributed by atoms with Gasteiger partial charge >= 0.3 is 0 Å². The maximum absolute atomic E-state index is 9.13. The Kier molecular flexibility index (Phi) is 8.29. The second-order valence-electron chi connectivity index (χ2n) is 6.28. The van der Waals surface area contributed by atoms with Gasteiger partial charge in [-0.2, -0.15) is 0 Å². The third-order valence-corrected chi connectivity index (χ3v) is 3.50. The van der Waals surface area contributed by atoms with Crippen molar-refractivity contribution in [2.75, 3.05) is 14.2 Å². The Labute approximate surface area is 156 Å². The van der Waals surface area contributed by atoms with E-state index in [9.17, 15) is 0 Å². The van der Waals surface area contributed by atoms with E-state index < -0.39 is 0 Å². The van der Waals surface area contributed by atoms with Gasteiger partial charge in [-0.25, -0.2) is 0 Å². The van der Waals surface area contributed by atoms with Gasteiger partial charge in [-0.3, -0.25) is 0 Å². The standard InChI is InChI=1S/C12H16O2.C10H12O2/c1-9(2)7-10-5-6-11(13-3)12(8-10)14-4;1-7(2)5-8-3-4-9(11)10(12)6-8/h5-6,8H,1,7H2,2-4H3;3-4,6,11-12H,1,5H2,2H3. The van der Waals surface area contributed by atoms with Crippen LogP contribution < -0.4 is 9.47 Å². The van der Waals surface area contributed by atoms with Gasteiger partial charge in [-0.05, 0) is 62.1 Å². The smallest absolute Gasteiger partial charge is 0.160 e. The van der Waals surface area contributed by atoms with E-state index in [1.54, 1.807) is 26.4 Å². The van der Waals surface area contributed by atoms with Gasteiger partial charge in [-0.1, -0.05) is 36.4 Å². The molecule has 0 radical (unpaired) electrons. The van der Waals surface area contributed by atoms with Gasteiger partial charge in [-0.15, -0.1) is 0 Å². The summed E-state index contributed by atoms with van der Waals surface area (Å²) in [6.07, 6.45) is 1.61. The Bertz CT molecular complexity index is 763. The molecule has 2 rings (SSSR count). The number of aromatic hydroxyl groups is 2. The lowest BCUT2D eigenvalue weighted by Gasteiger charge is -2.09. The lowest BCUT2D eigenvalue weighted by Crippen LogP contribution is -1.93. The summed E-state index contributed by atoms with van der Waals surface area (Å²) in [6, 6.07) is 10.7. The second kappa shape index (κ2) is 10.2. The summed E-state index contributed by atoms with van der Waals surface area (Å²) in [4.78, 5) is 0. The molecule has 0 aliphatic rings. The van der Waals surface area contributed by atoms with Gasteiger partial charge in [0.1, 0.15) is 0 Å². The van der Waals surface area contributed by atoms with Crippen LogP contribution in [0.25, 0.3) is 0 Å². The minimum absolute atomic E-state index is 0.0752. The van der Waals surface area contributed by atoms with Crippen molar-refractivity contribution in [3.8, 4) is 23.0 Å². The molecular formula is C22H28O4. The molecule has 0 spiro atoms. The Morgan fingerprint density at radius 3 is 1.73 bits per heavy atom. The molecule has 2 N–H and O–H groups in total. The van der Waals surface area contributed by atoms with Crippen LogP contribution in [0.5, 0.6) is 23.0 Å². The predicted molar refractivity (Wildman–Crippen MR) is 106 cm³/mol. The van der Waals surface area contributed by atoms with Gasteiger partial charge in [0.2, 0.25) is 0 Å². The van der Waals surface area contributed by atoms with Crippen LogP contribution in [0.3, 0.4) is 0 Å². The zero-order chi connectivity index (χ0) is 19.7. The van der Waals surface area contributed by atoms with Crippen molar-refractivity contribution < 1.29 is 19.7 Å². The van der Waals surface area contributed by atoms with Gasteiger partial charge in [0, 0.05) is 0 Å². The van der Waals surface area contributed by atoms with Crippen molar-refractivity contribution >= 4 is 0 Å². The average molecular weight is 356 g/mol. The first kappa shape index (κ1) is 21.2. The minimum atomic E-state index is -0.0829. The van der Waals surface area contributed by atoms with Crippen LogP contribution in [-0.4, -0.2) is 24.4 Å². The number of methoxy groups -OCH3 is 2. The van der Waals surface area contributed by atoms with Crippen molar-refractivity contribution in [2.45, 2.75) is 26.7 Å². The first-order valence-corrected chi connectivity index (χ1v) is 8.27. The highest BCUT2D eigenvalue weighted by Crippen LogP contribution is 2.28. The first-order chi connectivity index (χ1) is 12.3. The van der Waals surface area contributed by atoms with E-state index in [4.69, 9.17) is 19.7 Å². The second-order valence-corrected chi connectivity index (χ2v) is 6.28. The number of allylic oxidation sites excluding steroid dienone is 2. The summed E-state index contributed by atoms with van der Waals surface area (Å²) in [7, 11) is 3.28. The van der Waals surface area contributed by atoms with E-state index in [2.05, 4.69) is 13.2 Å². The van der Waals surface area contributed by atoms with Crippen LogP contribution in [-0.2, 0) is 12.8 Å². The number of hydrogen-bond acceptors (Lipinski definition) is 4. The number of phenols is 2. The molecule has 0 heterocycles. The average Bonchev–Trinajstić information content (AvgIpc) is 2.57. The third-order valence-electron chi connectivity index (χ3n) is 3.50. The maximum Gasteiger partial charge on any atom is 0.160 e. The van der Waals surface area contributed by atoms with E-state index in [-0.39, 0.29) is 11.5 Å². The minimum Gasteiger partial charge on any atom is -0.504 e. The van der Waals surface area contributed by atoms with Crippen molar-refractivity contribution in [1.82, 2.24) is 0 Å². The van der Waals surface area contributed by atoms with Gasteiger partial charge in [0.15, 0.2) is 23.0 Å². The molecule has 0 unspecified atom stereocenters. The summed E-state index contributed by atoms with van der Waals surface area (Å²) in [5.74, 6) is 1.37. The lowest BCUT2D eigenvalue weighted by molar-refractivity contribution is 0.354. The third kappa shape index (κ3) is 6.93.